The number of likely N-dealkylation sites (tertiary alicyclic amines) is 1. The standard InChI is InChI=1S/C17H18F2N2O3/c18-12-6-11(7-13(19)9-12)8-15(22)20-4-2-17-14(20)10-16(23)21(17)3-1-5-24-17/h6-7,9,14H,1-5,8,10H2/t14-,17+/m1/s1. The summed E-state index contributed by atoms with van der Waals surface area (Å²) in [6.07, 6.45) is 1.56. The third-order valence-electron chi connectivity index (χ3n) is 5.21. The minimum Gasteiger partial charge on any atom is -0.353 e. The Morgan fingerprint density at radius 3 is 2.75 bits per heavy atom. The molecule has 2 amide bonds. The molecule has 7 heteroatoms. The molecule has 24 heavy (non-hydrogen) atoms. The third-order valence-corrected chi connectivity index (χ3v) is 5.21. The van der Waals surface area contributed by atoms with Crippen LogP contribution >= 0.6 is 0 Å². The van der Waals surface area contributed by atoms with Gasteiger partial charge in [0.15, 0.2) is 5.72 Å². The zero-order chi connectivity index (χ0) is 16.9. The molecule has 0 unspecified atom stereocenters. The molecule has 0 N–H and O–H groups in total. The van der Waals surface area contributed by atoms with Crippen molar-refractivity contribution in [3.8, 4) is 0 Å². The molecule has 128 valence electrons. The van der Waals surface area contributed by atoms with E-state index in [9.17, 15) is 18.4 Å². The van der Waals surface area contributed by atoms with Crippen molar-refractivity contribution in [1.82, 2.24) is 9.80 Å². The van der Waals surface area contributed by atoms with Gasteiger partial charge in [0.25, 0.3) is 0 Å². The lowest BCUT2D eigenvalue weighted by Gasteiger charge is -2.42. The Balaban J connectivity index is 1.55. The van der Waals surface area contributed by atoms with Crippen LogP contribution in [0.5, 0.6) is 0 Å². The summed E-state index contributed by atoms with van der Waals surface area (Å²) >= 11 is 0. The van der Waals surface area contributed by atoms with E-state index in [0.717, 1.165) is 24.6 Å². The molecule has 5 nitrogen and oxygen atoms in total. The van der Waals surface area contributed by atoms with Crippen LogP contribution in [0.25, 0.3) is 0 Å². The number of amides is 2. The Morgan fingerprint density at radius 1 is 1.25 bits per heavy atom. The van der Waals surface area contributed by atoms with Gasteiger partial charge in [-0.05, 0) is 24.1 Å². The van der Waals surface area contributed by atoms with Crippen molar-refractivity contribution >= 4 is 11.8 Å². The van der Waals surface area contributed by atoms with Crippen LogP contribution < -0.4 is 0 Å². The zero-order valence-electron chi connectivity index (χ0n) is 13.1. The normalized spacial score (nSPS) is 28.9. The van der Waals surface area contributed by atoms with Crippen LogP contribution in [-0.2, 0) is 20.7 Å². The highest BCUT2D eigenvalue weighted by atomic mass is 19.1. The summed E-state index contributed by atoms with van der Waals surface area (Å²) in [6.45, 7) is 1.73. The number of nitrogens with zero attached hydrogens (tertiary/aromatic N) is 2. The molecule has 1 aromatic carbocycles. The van der Waals surface area contributed by atoms with Gasteiger partial charge in [0.2, 0.25) is 11.8 Å². The van der Waals surface area contributed by atoms with Crippen molar-refractivity contribution in [2.75, 3.05) is 19.7 Å². The Labute approximate surface area is 138 Å². The fourth-order valence-corrected chi connectivity index (χ4v) is 4.24. The van der Waals surface area contributed by atoms with Gasteiger partial charge in [-0.25, -0.2) is 8.78 Å². The van der Waals surface area contributed by atoms with Gasteiger partial charge in [0, 0.05) is 25.6 Å². The van der Waals surface area contributed by atoms with Crippen molar-refractivity contribution in [2.45, 2.75) is 37.5 Å². The van der Waals surface area contributed by atoms with Gasteiger partial charge in [-0.15, -0.1) is 0 Å². The number of benzene rings is 1. The summed E-state index contributed by atoms with van der Waals surface area (Å²) in [5, 5.41) is 0. The smallest absolute Gasteiger partial charge is 0.227 e. The van der Waals surface area contributed by atoms with E-state index >= 15 is 0 Å². The van der Waals surface area contributed by atoms with Crippen LogP contribution in [0.2, 0.25) is 0 Å². The molecule has 0 aromatic heterocycles. The highest BCUT2D eigenvalue weighted by Gasteiger charge is 2.61. The van der Waals surface area contributed by atoms with Crippen molar-refractivity contribution in [3.05, 3.63) is 35.4 Å². The Bertz CT molecular complexity index is 691. The summed E-state index contributed by atoms with van der Waals surface area (Å²) in [5.74, 6) is -1.62. The first kappa shape index (κ1) is 15.5. The molecule has 3 saturated heterocycles. The highest BCUT2D eigenvalue weighted by molar-refractivity contribution is 5.85. The Kier molecular flexibility index (Phi) is 3.56. The van der Waals surface area contributed by atoms with Crippen LogP contribution in [0.15, 0.2) is 18.2 Å². The molecule has 0 saturated carbocycles. The number of hydrogen-bond donors (Lipinski definition) is 0. The Hall–Kier alpha value is -2.02. The van der Waals surface area contributed by atoms with E-state index in [1.807, 2.05) is 0 Å². The van der Waals surface area contributed by atoms with E-state index in [2.05, 4.69) is 0 Å². The van der Waals surface area contributed by atoms with Crippen LogP contribution in [0.3, 0.4) is 0 Å². The number of ether oxygens (including phenoxy) is 1. The second-order valence-electron chi connectivity index (χ2n) is 6.60. The van der Waals surface area contributed by atoms with Crippen molar-refractivity contribution < 1.29 is 23.1 Å². The molecule has 3 aliphatic heterocycles. The minimum atomic E-state index is -0.700. The van der Waals surface area contributed by atoms with Gasteiger partial charge < -0.3 is 14.5 Å². The number of halogens is 2. The predicted octanol–water partition coefficient (Wildman–Crippen LogP) is 1.46. The topological polar surface area (TPSA) is 49.9 Å². The van der Waals surface area contributed by atoms with Gasteiger partial charge in [-0.1, -0.05) is 0 Å². The number of carbonyl (C=O) groups excluding carboxylic acids is 2. The Morgan fingerprint density at radius 2 is 2.00 bits per heavy atom. The van der Waals surface area contributed by atoms with E-state index in [1.165, 1.54) is 0 Å². The quantitative estimate of drug-likeness (QED) is 0.822. The fourth-order valence-electron chi connectivity index (χ4n) is 4.24. The van der Waals surface area contributed by atoms with Gasteiger partial charge in [0.05, 0.1) is 25.5 Å². The summed E-state index contributed by atoms with van der Waals surface area (Å²) in [5.41, 5.74) is -0.401. The maximum Gasteiger partial charge on any atom is 0.227 e. The molecule has 0 radical (unpaired) electrons. The van der Waals surface area contributed by atoms with Crippen LogP contribution in [0.4, 0.5) is 8.78 Å². The van der Waals surface area contributed by atoms with Crippen LogP contribution in [-0.4, -0.2) is 53.1 Å². The molecule has 3 fully saturated rings. The fraction of sp³-hybridized carbons (Fsp3) is 0.529. The summed E-state index contributed by atoms with van der Waals surface area (Å²) in [4.78, 5) is 28.3. The maximum atomic E-state index is 13.3. The van der Waals surface area contributed by atoms with E-state index in [-0.39, 0.29) is 30.7 Å². The third kappa shape index (κ3) is 2.30. The first-order chi connectivity index (χ1) is 11.5. The van der Waals surface area contributed by atoms with Gasteiger partial charge >= 0.3 is 0 Å². The van der Waals surface area contributed by atoms with Crippen LogP contribution in [0, 0.1) is 11.6 Å². The molecular formula is C17H18F2N2O3. The molecule has 1 aromatic rings. The van der Waals surface area contributed by atoms with Crippen molar-refractivity contribution in [2.24, 2.45) is 0 Å². The first-order valence-electron chi connectivity index (χ1n) is 8.18. The van der Waals surface area contributed by atoms with E-state index in [4.69, 9.17) is 4.74 Å². The van der Waals surface area contributed by atoms with Gasteiger partial charge in [-0.2, -0.15) is 0 Å². The number of rotatable bonds is 2. The molecule has 2 atom stereocenters. The second-order valence-corrected chi connectivity index (χ2v) is 6.60. The number of carbonyl (C=O) groups is 2. The highest BCUT2D eigenvalue weighted by Crippen LogP contribution is 2.44. The lowest BCUT2D eigenvalue weighted by Crippen LogP contribution is -2.56. The molecular weight excluding hydrogens is 318 g/mol. The summed E-state index contributed by atoms with van der Waals surface area (Å²) < 4.78 is 32.6. The summed E-state index contributed by atoms with van der Waals surface area (Å²) in [7, 11) is 0. The summed E-state index contributed by atoms with van der Waals surface area (Å²) in [6, 6.07) is 2.80. The molecule has 4 rings (SSSR count). The monoisotopic (exact) mass is 336 g/mol. The van der Waals surface area contributed by atoms with Gasteiger partial charge in [0.1, 0.15) is 11.6 Å². The molecule has 3 aliphatic rings. The van der Waals surface area contributed by atoms with Gasteiger partial charge in [-0.3, -0.25) is 9.59 Å². The maximum absolute atomic E-state index is 13.3. The first-order valence-corrected chi connectivity index (χ1v) is 8.18. The molecule has 1 spiro atoms. The predicted molar refractivity (Wildman–Crippen MR) is 79.8 cm³/mol. The minimum absolute atomic E-state index is 0.00833. The van der Waals surface area contributed by atoms with E-state index in [1.54, 1.807) is 9.80 Å². The zero-order valence-corrected chi connectivity index (χ0v) is 13.1. The SMILES string of the molecule is O=C(Cc1cc(F)cc(F)c1)N1CC[C@@]23OCCCN2C(=O)C[C@@H]13. The molecule has 0 aliphatic carbocycles. The lowest BCUT2D eigenvalue weighted by atomic mass is 10.0. The lowest BCUT2D eigenvalue weighted by molar-refractivity contribution is -0.181. The van der Waals surface area contributed by atoms with E-state index < -0.39 is 17.4 Å². The van der Waals surface area contributed by atoms with E-state index in [0.29, 0.717) is 31.7 Å². The van der Waals surface area contributed by atoms with Crippen LogP contribution in [0.1, 0.15) is 24.8 Å². The average Bonchev–Trinajstić information content (AvgIpc) is 2.98. The molecule has 0 bridgehead atoms. The number of hydrogen-bond acceptors (Lipinski definition) is 3. The molecule has 3 heterocycles. The average molecular weight is 336 g/mol. The largest absolute Gasteiger partial charge is 0.353 e. The second kappa shape index (κ2) is 5.51. The van der Waals surface area contributed by atoms with Crippen molar-refractivity contribution in [3.63, 3.8) is 0 Å². The van der Waals surface area contributed by atoms with Crippen molar-refractivity contribution in [1.29, 1.82) is 0 Å².